The van der Waals surface area contributed by atoms with Crippen LogP contribution < -0.4 is 5.32 Å². The van der Waals surface area contributed by atoms with Crippen molar-refractivity contribution in [3.8, 4) is 0 Å². The highest BCUT2D eigenvalue weighted by Gasteiger charge is 2.19. The predicted molar refractivity (Wildman–Crippen MR) is 97.8 cm³/mol. The van der Waals surface area contributed by atoms with Crippen LogP contribution in [0.5, 0.6) is 0 Å². The van der Waals surface area contributed by atoms with Gasteiger partial charge in [-0.3, -0.25) is 4.90 Å². The molecule has 0 aliphatic carbocycles. The zero-order valence-electron chi connectivity index (χ0n) is 14.6. The third-order valence-electron chi connectivity index (χ3n) is 4.60. The Morgan fingerprint density at radius 1 is 1.29 bits per heavy atom. The summed E-state index contributed by atoms with van der Waals surface area (Å²) < 4.78 is 5.41. The number of thiophene rings is 1. The van der Waals surface area contributed by atoms with Crippen LogP contribution in [0.2, 0.25) is 0 Å². The molecule has 2 N–H and O–H groups in total. The van der Waals surface area contributed by atoms with E-state index in [2.05, 4.69) is 31.0 Å². The van der Waals surface area contributed by atoms with Gasteiger partial charge in [-0.15, -0.1) is 11.3 Å². The molecule has 0 radical (unpaired) electrons. The second-order valence-electron chi connectivity index (χ2n) is 6.27. The molecular formula is C17H26N4O2S. The molecule has 0 spiro atoms. The highest BCUT2D eigenvalue weighted by atomic mass is 32.1. The summed E-state index contributed by atoms with van der Waals surface area (Å²) in [5.41, 5.74) is 1.23. The van der Waals surface area contributed by atoms with E-state index < -0.39 is 0 Å². The average Bonchev–Trinajstić information content (AvgIpc) is 2.88. The molecule has 7 heteroatoms. The van der Waals surface area contributed by atoms with Gasteiger partial charge in [0, 0.05) is 18.0 Å². The van der Waals surface area contributed by atoms with Crippen molar-refractivity contribution in [3.05, 3.63) is 16.3 Å². The van der Waals surface area contributed by atoms with Gasteiger partial charge in [-0.1, -0.05) is 6.92 Å². The second-order valence-corrected chi connectivity index (χ2v) is 7.48. The lowest BCUT2D eigenvalue weighted by Gasteiger charge is -2.26. The van der Waals surface area contributed by atoms with Crippen molar-refractivity contribution in [2.75, 3.05) is 38.2 Å². The lowest BCUT2D eigenvalue weighted by molar-refractivity contribution is 0.0331. The Labute approximate surface area is 146 Å². The number of anilines is 1. The Balaban J connectivity index is 1.95. The number of nitrogens with zero attached hydrogens (tertiary/aromatic N) is 3. The molecule has 1 aliphatic heterocycles. The molecule has 0 saturated carbocycles. The van der Waals surface area contributed by atoms with Gasteiger partial charge in [-0.2, -0.15) is 0 Å². The topological polar surface area (TPSA) is 70.5 Å². The number of aliphatic hydroxyl groups excluding tert-OH is 1. The Morgan fingerprint density at radius 3 is 2.71 bits per heavy atom. The largest absolute Gasteiger partial charge is 0.394 e. The highest BCUT2D eigenvalue weighted by Crippen LogP contribution is 2.33. The molecule has 0 bridgehead atoms. The van der Waals surface area contributed by atoms with Crippen molar-refractivity contribution in [2.24, 2.45) is 0 Å². The number of aryl methyl sites for hydroxylation is 2. The first-order valence-electron chi connectivity index (χ1n) is 8.56. The summed E-state index contributed by atoms with van der Waals surface area (Å²) in [5, 5.41) is 14.0. The molecule has 132 valence electrons. The highest BCUT2D eigenvalue weighted by molar-refractivity contribution is 7.18. The van der Waals surface area contributed by atoms with Crippen LogP contribution in [0, 0.1) is 13.8 Å². The molecule has 2 aromatic rings. The van der Waals surface area contributed by atoms with Crippen LogP contribution in [0.3, 0.4) is 0 Å². The maximum Gasteiger partial charge on any atom is 0.146 e. The van der Waals surface area contributed by atoms with Crippen molar-refractivity contribution in [1.29, 1.82) is 0 Å². The first-order chi connectivity index (χ1) is 11.6. The van der Waals surface area contributed by atoms with Gasteiger partial charge in [0.1, 0.15) is 16.5 Å². The zero-order chi connectivity index (χ0) is 17.1. The van der Waals surface area contributed by atoms with Gasteiger partial charge in [-0.05, 0) is 25.8 Å². The molecule has 6 nitrogen and oxygen atoms in total. The van der Waals surface area contributed by atoms with E-state index in [1.807, 2.05) is 0 Å². The fourth-order valence-electron chi connectivity index (χ4n) is 2.90. The maximum atomic E-state index is 9.54. The summed E-state index contributed by atoms with van der Waals surface area (Å²) in [6.45, 7) is 10.5. The van der Waals surface area contributed by atoms with Crippen molar-refractivity contribution < 1.29 is 9.84 Å². The molecule has 1 unspecified atom stereocenters. The minimum absolute atomic E-state index is 0.0129. The molecule has 1 fully saturated rings. The van der Waals surface area contributed by atoms with Crippen molar-refractivity contribution in [1.82, 2.24) is 14.9 Å². The summed E-state index contributed by atoms with van der Waals surface area (Å²) in [5.74, 6) is 1.69. The number of fused-ring (bicyclic) bond motifs is 1. The Morgan fingerprint density at radius 2 is 2.04 bits per heavy atom. The van der Waals surface area contributed by atoms with Crippen LogP contribution in [0.15, 0.2) is 0 Å². The minimum atomic E-state index is 0.0129. The smallest absolute Gasteiger partial charge is 0.146 e. The van der Waals surface area contributed by atoms with Gasteiger partial charge in [0.25, 0.3) is 0 Å². The van der Waals surface area contributed by atoms with Crippen LogP contribution in [-0.2, 0) is 11.3 Å². The molecule has 0 aromatic carbocycles. The number of morpholine rings is 1. The molecule has 3 rings (SSSR count). The van der Waals surface area contributed by atoms with Gasteiger partial charge in [0.05, 0.1) is 37.8 Å². The van der Waals surface area contributed by atoms with Crippen LogP contribution in [0.25, 0.3) is 10.2 Å². The summed E-state index contributed by atoms with van der Waals surface area (Å²) in [6.07, 6.45) is 0.850. The SMILES string of the molecule is CCC(CO)Nc1nc(CN2CCOCC2)nc2sc(C)c(C)c12. The van der Waals surface area contributed by atoms with Crippen molar-refractivity contribution >= 4 is 27.4 Å². The van der Waals surface area contributed by atoms with E-state index in [1.165, 1.54) is 10.4 Å². The van der Waals surface area contributed by atoms with Gasteiger partial charge < -0.3 is 15.2 Å². The van der Waals surface area contributed by atoms with Gasteiger partial charge in [0.2, 0.25) is 0 Å². The lowest BCUT2D eigenvalue weighted by Crippen LogP contribution is -2.36. The van der Waals surface area contributed by atoms with E-state index in [0.717, 1.165) is 61.1 Å². The normalized spacial score (nSPS) is 17.3. The zero-order valence-corrected chi connectivity index (χ0v) is 15.4. The lowest BCUT2D eigenvalue weighted by atomic mass is 10.2. The van der Waals surface area contributed by atoms with Gasteiger partial charge in [-0.25, -0.2) is 9.97 Å². The first kappa shape index (κ1) is 17.5. The van der Waals surface area contributed by atoms with E-state index in [0.29, 0.717) is 0 Å². The van der Waals surface area contributed by atoms with Crippen LogP contribution in [-0.4, -0.2) is 58.9 Å². The monoisotopic (exact) mass is 350 g/mol. The average molecular weight is 350 g/mol. The van der Waals surface area contributed by atoms with Crippen LogP contribution in [0.1, 0.15) is 29.6 Å². The summed E-state index contributed by atoms with van der Waals surface area (Å²) in [7, 11) is 0. The Bertz CT molecular complexity index is 693. The van der Waals surface area contributed by atoms with Crippen molar-refractivity contribution in [3.63, 3.8) is 0 Å². The molecule has 1 aliphatic rings. The second kappa shape index (κ2) is 7.74. The van der Waals surface area contributed by atoms with E-state index in [9.17, 15) is 5.11 Å². The standard InChI is InChI=1S/C17H26N4O2S/c1-4-13(10-22)18-16-15-11(2)12(3)24-17(15)20-14(19-16)9-21-5-7-23-8-6-21/h13,22H,4-10H2,1-3H3,(H,18,19,20). The van der Waals surface area contributed by atoms with E-state index >= 15 is 0 Å². The third-order valence-corrected chi connectivity index (χ3v) is 5.70. The van der Waals surface area contributed by atoms with E-state index in [-0.39, 0.29) is 12.6 Å². The fraction of sp³-hybridized carbons (Fsp3) is 0.647. The quantitative estimate of drug-likeness (QED) is 0.833. The third kappa shape index (κ3) is 3.69. The number of hydrogen-bond acceptors (Lipinski definition) is 7. The summed E-state index contributed by atoms with van der Waals surface area (Å²) >= 11 is 1.71. The summed E-state index contributed by atoms with van der Waals surface area (Å²) in [4.78, 5) is 14.2. The minimum Gasteiger partial charge on any atom is -0.394 e. The number of nitrogens with one attached hydrogen (secondary N) is 1. The predicted octanol–water partition coefficient (Wildman–Crippen LogP) is 2.32. The number of rotatable bonds is 6. The first-order valence-corrected chi connectivity index (χ1v) is 9.38. The number of hydrogen-bond donors (Lipinski definition) is 2. The molecule has 3 heterocycles. The fourth-order valence-corrected chi connectivity index (χ4v) is 3.95. The Kier molecular flexibility index (Phi) is 5.65. The van der Waals surface area contributed by atoms with Crippen LogP contribution >= 0.6 is 11.3 Å². The molecule has 24 heavy (non-hydrogen) atoms. The van der Waals surface area contributed by atoms with Crippen LogP contribution in [0.4, 0.5) is 5.82 Å². The summed E-state index contributed by atoms with van der Waals surface area (Å²) in [6, 6.07) is 0.0129. The van der Waals surface area contributed by atoms with Gasteiger partial charge in [0.15, 0.2) is 0 Å². The molecular weight excluding hydrogens is 324 g/mol. The molecule has 1 atom stereocenters. The van der Waals surface area contributed by atoms with Crippen molar-refractivity contribution in [2.45, 2.75) is 39.8 Å². The number of aliphatic hydroxyl groups is 1. The molecule has 1 saturated heterocycles. The van der Waals surface area contributed by atoms with Gasteiger partial charge >= 0.3 is 0 Å². The molecule has 2 aromatic heterocycles. The maximum absolute atomic E-state index is 9.54. The van der Waals surface area contributed by atoms with E-state index in [1.54, 1.807) is 11.3 Å². The number of aromatic nitrogens is 2. The van der Waals surface area contributed by atoms with E-state index in [4.69, 9.17) is 14.7 Å². The Hall–Kier alpha value is -1.28. The molecule has 0 amide bonds. The number of ether oxygens (including phenoxy) is 1.